The van der Waals surface area contributed by atoms with Crippen molar-refractivity contribution in [2.24, 2.45) is 0 Å². The second-order valence-electron chi connectivity index (χ2n) is 22.5. The zero-order valence-electron chi connectivity index (χ0n) is 49.6. The number of aromatic nitrogens is 1. The molecule has 0 saturated carbocycles. The van der Waals surface area contributed by atoms with Crippen molar-refractivity contribution < 1.29 is 95.5 Å². The van der Waals surface area contributed by atoms with Crippen LogP contribution in [0.5, 0.6) is 28.7 Å². The predicted molar refractivity (Wildman–Crippen MR) is 302 cm³/mol. The highest BCUT2D eigenvalue weighted by Gasteiger charge is 2.53. The summed E-state index contributed by atoms with van der Waals surface area (Å²) in [5.74, 6) is -3.50. The third kappa shape index (κ3) is 13.5. The van der Waals surface area contributed by atoms with Crippen molar-refractivity contribution in [3.63, 3.8) is 0 Å². The lowest BCUT2D eigenvalue weighted by Crippen LogP contribution is -2.57. The molecular formula is C61H72ClN3O20. The maximum Gasteiger partial charge on any atom is 0.329 e. The smallest absolute Gasteiger partial charge is 0.329 e. The lowest BCUT2D eigenvalue weighted by Gasteiger charge is -2.44. The number of benzene rings is 3. The van der Waals surface area contributed by atoms with Crippen molar-refractivity contribution in [2.75, 3.05) is 34.9 Å². The van der Waals surface area contributed by atoms with Crippen LogP contribution in [0.4, 0.5) is 0 Å². The number of ether oxygens (including phenoxy) is 13. The summed E-state index contributed by atoms with van der Waals surface area (Å²) in [5.41, 5.74) is 1.33. The zero-order valence-corrected chi connectivity index (χ0v) is 50.4. The topological polar surface area (TPSA) is 271 Å². The van der Waals surface area contributed by atoms with Crippen LogP contribution in [-0.2, 0) is 68.3 Å². The van der Waals surface area contributed by atoms with E-state index >= 15 is 0 Å². The number of nitrogens with one attached hydrogen (secondary N) is 1. The van der Waals surface area contributed by atoms with Crippen molar-refractivity contribution in [2.45, 2.75) is 173 Å². The summed E-state index contributed by atoms with van der Waals surface area (Å²) in [6.07, 6.45) is -9.72. The number of aliphatic hydroxyl groups is 1. The van der Waals surface area contributed by atoms with Crippen molar-refractivity contribution >= 4 is 63.7 Å². The molecule has 0 spiro atoms. The Morgan fingerprint density at radius 2 is 1.53 bits per heavy atom. The first-order valence-electron chi connectivity index (χ1n) is 28.0. The maximum absolute atomic E-state index is 14.9. The number of amides is 1. The molecular weight excluding hydrogens is 1130 g/mol. The number of likely N-dealkylation sites (N-methyl/N-ethyl adjacent to an activating group) is 1. The predicted octanol–water partition coefficient (Wildman–Crippen LogP) is 7.00. The van der Waals surface area contributed by atoms with E-state index in [4.69, 9.17) is 73.2 Å². The summed E-state index contributed by atoms with van der Waals surface area (Å²) in [5, 5.41) is 15.2. The summed E-state index contributed by atoms with van der Waals surface area (Å²) in [7, 11) is 6.56. The summed E-state index contributed by atoms with van der Waals surface area (Å²) < 4.78 is 80.1. The second-order valence-corrected chi connectivity index (χ2v) is 22.9. The van der Waals surface area contributed by atoms with Gasteiger partial charge in [0.15, 0.2) is 47.2 Å². The van der Waals surface area contributed by atoms with Crippen LogP contribution in [0.1, 0.15) is 127 Å². The number of hydrogen-bond donors (Lipinski definition) is 2. The normalized spacial score (nSPS) is 28.1. The van der Waals surface area contributed by atoms with Gasteiger partial charge in [-0.15, -0.1) is 0 Å². The number of carbonyl (C=O) groups excluding carboxylic acids is 6. The van der Waals surface area contributed by atoms with E-state index in [0.717, 1.165) is 0 Å². The number of fused-ring (bicyclic) bond motifs is 8. The van der Waals surface area contributed by atoms with E-state index in [-0.39, 0.29) is 77.2 Å². The molecule has 23 nitrogen and oxygen atoms in total. The molecule has 2 N–H and O–H groups in total. The highest BCUT2D eigenvalue weighted by atomic mass is 35.5. The average Bonchev–Trinajstić information content (AvgIpc) is 1.64. The Balaban J connectivity index is 1.14. The molecule has 458 valence electrons. The van der Waals surface area contributed by atoms with Crippen molar-refractivity contribution in [1.29, 1.82) is 0 Å². The van der Waals surface area contributed by atoms with Crippen molar-refractivity contribution in [1.82, 2.24) is 15.2 Å². The Bertz CT molecular complexity index is 3290. The minimum Gasteiger partial charge on any atom is -0.492 e. The number of nitrogens with zero attached hydrogens (tertiary/aromatic N) is 2. The molecule has 4 aromatic rings. The van der Waals surface area contributed by atoms with Crippen LogP contribution in [-0.4, -0.2) is 159 Å². The Labute approximate surface area is 496 Å². The van der Waals surface area contributed by atoms with Gasteiger partial charge in [0.25, 0.3) is 5.91 Å². The van der Waals surface area contributed by atoms with Gasteiger partial charge in [-0.1, -0.05) is 23.7 Å². The highest BCUT2D eigenvalue weighted by Crippen LogP contribution is 2.54. The van der Waals surface area contributed by atoms with Gasteiger partial charge in [-0.25, -0.2) is 9.78 Å². The second kappa shape index (κ2) is 25.5. The first-order valence-corrected chi connectivity index (χ1v) is 28.4. The van der Waals surface area contributed by atoms with E-state index in [9.17, 15) is 33.9 Å². The lowest BCUT2D eigenvalue weighted by molar-refractivity contribution is -0.287. The largest absolute Gasteiger partial charge is 0.492 e. The van der Waals surface area contributed by atoms with Crippen LogP contribution in [0, 0.1) is 0 Å². The fraction of sp³-hybridized carbons (Fsp3) is 0.525. The molecule has 5 heterocycles. The Morgan fingerprint density at radius 1 is 0.835 bits per heavy atom. The van der Waals surface area contributed by atoms with Crippen molar-refractivity contribution in [3.05, 3.63) is 87.2 Å². The molecule has 24 heteroatoms. The fourth-order valence-corrected chi connectivity index (χ4v) is 12.3. The average molecular weight is 1200 g/mol. The van der Waals surface area contributed by atoms with Crippen LogP contribution in [0.15, 0.2) is 54.1 Å². The number of hydrogen-bond acceptors (Lipinski definition) is 22. The molecule has 13 atom stereocenters. The highest BCUT2D eigenvalue weighted by molar-refractivity contribution is 6.30. The van der Waals surface area contributed by atoms with Gasteiger partial charge in [0.1, 0.15) is 48.4 Å². The molecule has 2 saturated heterocycles. The molecule has 6 aliphatic rings. The molecule has 6 bridgehead atoms. The van der Waals surface area contributed by atoms with E-state index in [1.807, 2.05) is 45.8 Å². The van der Waals surface area contributed by atoms with Crippen molar-refractivity contribution in [3.8, 4) is 28.7 Å². The molecule has 1 aromatic heterocycles. The maximum atomic E-state index is 14.9. The van der Waals surface area contributed by atoms with Crippen LogP contribution >= 0.6 is 11.6 Å². The molecule has 4 aliphatic heterocycles. The standard InChI is InChI=1S/C61H72ClN3O20/c1-27(2)76-46-20-35-19-44(79-30(5)66)41(22-38(35)54(73-12)56(46)74-13)59(70)64-42-21-36-15-17-43(58(62)63-36)83-47-23-40-39-18-34(48(26-75-60(42)71)84-49-24-45(80-31(6)67)52(65(10)11)28(3)77-49)14-16-37(39)53(81-32(7)68)51(40)55(47)85-50-25-61(9,72)57(29(4)78-50)82-33(8)69/h14-20,22,27-29,42,45,47-50,52-53,55,57,72H,21,23-26H2,1-13H3,(H,64,70)/t28-,29-,42+,45-,47+,48-,49-,50-,52+,53+,55-,57-,61+/m0/s1. The quantitative estimate of drug-likeness (QED) is 0.0525. The van der Waals surface area contributed by atoms with Crippen LogP contribution in [0.25, 0.3) is 16.3 Å². The van der Waals surface area contributed by atoms with E-state index in [1.54, 1.807) is 37.3 Å². The minimum absolute atomic E-state index is 0.0838. The summed E-state index contributed by atoms with van der Waals surface area (Å²) in [6.45, 7) is 13.2. The molecule has 0 unspecified atom stereocenters. The molecule has 2 aliphatic carbocycles. The van der Waals surface area contributed by atoms with Crippen LogP contribution < -0.4 is 29.0 Å². The first-order chi connectivity index (χ1) is 40.2. The van der Waals surface area contributed by atoms with Gasteiger partial charge in [-0.05, 0) is 107 Å². The van der Waals surface area contributed by atoms with Gasteiger partial charge in [-0.3, -0.25) is 24.0 Å². The monoisotopic (exact) mass is 1200 g/mol. The third-order valence-corrected chi connectivity index (χ3v) is 15.7. The lowest BCUT2D eigenvalue weighted by atomic mass is 9.88. The van der Waals surface area contributed by atoms with E-state index < -0.39 is 115 Å². The van der Waals surface area contributed by atoms with Gasteiger partial charge in [0, 0.05) is 75.6 Å². The summed E-state index contributed by atoms with van der Waals surface area (Å²) in [6, 6.07) is 11.2. The number of methoxy groups -OCH3 is 2. The molecule has 2 fully saturated rings. The molecule has 10 rings (SSSR count). The number of rotatable bonds is 15. The van der Waals surface area contributed by atoms with Crippen LogP contribution in [0.3, 0.4) is 0 Å². The number of carbonyl (C=O) groups is 6. The SMILES string of the molecule is COc1c(OC(C)C)cc2cc(OC(C)=O)c(C(=O)N[C@@H]3Cc4ccc(c(Cl)n4)O[C@@H]4CC5=C([C@H]4O[C@H]4C[C@@](C)(O)[C@@H](OC(C)=O)[C@H](C)O4)[C@H](OC(C)=O)c4ccc(cc45)[C@@H](O[C@H]4C[C@H](OC(C)=O)[C@H](N(C)C)[C@H](C)O4)COC3=O)cc2c1OC. The zero-order chi connectivity index (χ0) is 61.5. The van der Waals surface area contributed by atoms with E-state index in [0.29, 0.717) is 44.4 Å². The third-order valence-electron chi connectivity index (χ3n) is 15.4. The van der Waals surface area contributed by atoms with E-state index in [1.165, 1.54) is 61.0 Å². The molecule has 0 radical (unpaired) electrons. The molecule has 3 aromatic carbocycles. The van der Waals surface area contributed by atoms with E-state index in [2.05, 4.69) is 10.3 Å². The van der Waals surface area contributed by atoms with Gasteiger partial charge < -0.3 is 76.9 Å². The Morgan fingerprint density at radius 3 is 2.16 bits per heavy atom. The fourth-order valence-electron chi connectivity index (χ4n) is 12.1. The van der Waals surface area contributed by atoms with Gasteiger partial charge in [0.05, 0.1) is 44.1 Å². The number of esters is 5. The number of halogens is 1. The first kappa shape index (κ1) is 62.4. The minimum atomic E-state index is -1.60. The van der Waals surface area contributed by atoms with Crippen LogP contribution in [0.2, 0.25) is 5.15 Å². The Kier molecular flexibility index (Phi) is 18.7. The number of pyridine rings is 1. The summed E-state index contributed by atoms with van der Waals surface area (Å²) in [4.78, 5) is 86.8. The van der Waals surface area contributed by atoms with Gasteiger partial charge in [0.2, 0.25) is 5.75 Å². The van der Waals surface area contributed by atoms with Gasteiger partial charge in [-0.2, -0.15) is 0 Å². The van der Waals surface area contributed by atoms with Gasteiger partial charge >= 0.3 is 29.8 Å². The molecule has 1 amide bonds. The summed E-state index contributed by atoms with van der Waals surface area (Å²) >= 11 is 7.00. The molecule has 85 heavy (non-hydrogen) atoms. The Hall–Kier alpha value is -7.12.